The smallest absolute Gasteiger partial charge is 0.0690 e. The third kappa shape index (κ3) is 1.87. The van der Waals surface area contributed by atoms with Gasteiger partial charge in [0.1, 0.15) is 0 Å². The molecule has 0 spiro atoms. The van der Waals surface area contributed by atoms with Crippen molar-refractivity contribution in [3.63, 3.8) is 0 Å². The summed E-state index contributed by atoms with van der Waals surface area (Å²) in [6.45, 7) is 0. The van der Waals surface area contributed by atoms with E-state index in [1.165, 1.54) is 5.56 Å². The highest BCUT2D eigenvalue weighted by atomic mass is 15.3. The fourth-order valence-electron chi connectivity index (χ4n) is 1.27. The Balaban J connectivity index is 2.10. The first-order valence-electron chi connectivity index (χ1n) is 4.12. The van der Waals surface area contributed by atoms with Gasteiger partial charge in [0.05, 0.1) is 11.9 Å². The normalized spacial score (nSPS) is 14.0. The van der Waals surface area contributed by atoms with Crippen LogP contribution in [0, 0.1) is 0 Å². The number of nitrogens with zero attached hydrogens (tertiary/aromatic N) is 2. The molecule has 0 atom stereocenters. The number of allylic oxidation sites excluding steroid dienone is 2. The van der Waals surface area contributed by atoms with Crippen LogP contribution in [0.2, 0.25) is 0 Å². The number of nitrogen functional groups attached to an aromatic ring is 1. The van der Waals surface area contributed by atoms with Crippen LogP contribution in [0.3, 0.4) is 0 Å². The molecule has 0 saturated heterocycles. The fourth-order valence-corrected chi connectivity index (χ4v) is 1.27. The monoisotopic (exact) mass is 172 g/mol. The quantitative estimate of drug-likeness (QED) is 0.671. The van der Waals surface area contributed by atoms with Crippen molar-refractivity contribution >= 4 is 11.9 Å². The van der Waals surface area contributed by atoms with E-state index < -0.39 is 0 Å². The van der Waals surface area contributed by atoms with Crippen molar-refractivity contribution in [1.29, 1.82) is 0 Å². The van der Waals surface area contributed by atoms with Crippen LogP contribution in [0.1, 0.15) is 5.56 Å². The van der Waals surface area contributed by atoms with Crippen molar-refractivity contribution in [2.75, 3.05) is 5.73 Å². The molecule has 0 aromatic heterocycles. The highest BCUT2D eigenvalue weighted by Gasteiger charge is 2.03. The second-order valence-corrected chi connectivity index (χ2v) is 2.94. The maximum atomic E-state index is 5.65. The van der Waals surface area contributed by atoms with Gasteiger partial charge in [-0.05, 0) is 23.8 Å². The van der Waals surface area contributed by atoms with Crippen LogP contribution in [0.25, 0.3) is 0 Å². The Kier molecular flexibility index (Phi) is 2.00. The van der Waals surface area contributed by atoms with E-state index in [9.17, 15) is 0 Å². The summed E-state index contributed by atoms with van der Waals surface area (Å²) in [6.07, 6.45) is 4.40. The van der Waals surface area contributed by atoms with Crippen molar-refractivity contribution in [3.8, 4) is 0 Å². The summed E-state index contributed by atoms with van der Waals surface area (Å²) in [5.74, 6) is 0. The lowest BCUT2D eigenvalue weighted by Crippen LogP contribution is -1.97. The molecule has 1 aromatic carbocycles. The van der Waals surface area contributed by atoms with Gasteiger partial charge in [0, 0.05) is 12.1 Å². The minimum absolute atomic E-state index is 0.789. The van der Waals surface area contributed by atoms with E-state index in [4.69, 9.17) is 5.73 Å². The Labute approximate surface area is 77.0 Å². The molecule has 0 fully saturated rings. The third-order valence-electron chi connectivity index (χ3n) is 1.86. The summed E-state index contributed by atoms with van der Waals surface area (Å²) in [5, 5.41) is 3.76. The van der Waals surface area contributed by atoms with Gasteiger partial charge in [0.2, 0.25) is 0 Å². The Morgan fingerprint density at radius 1 is 1.31 bits per heavy atom. The molecule has 0 unspecified atom stereocenters. The van der Waals surface area contributed by atoms with Crippen molar-refractivity contribution in [2.45, 2.75) is 6.42 Å². The molecule has 0 saturated carbocycles. The summed E-state index contributed by atoms with van der Waals surface area (Å²) in [7, 11) is 0. The molecule has 0 bridgehead atoms. The van der Waals surface area contributed by atoms with Crippen LogP contribution < -0.4 is 11.2 Å². The van der Waals surface area contributed by atoms with Gasteiger partial charge in [-0.3, -0.25) is 0 Å². The van der Waals surface area contributed by atoms with Crippen LogP contribution in [-0.2, 0) is 6.42 Å². The number of hydrogen-bond acceptors (Lipinski definition) is 2. The molecule has 0 amide bonds. The highest BCUT2D eigenvalue weighted by molar-refractivity contribution is 5.74. The number of benzene rings is 1. The topological polar surface area (TPSA) is 52.5 Å². The predicted octanol–water partition coefficient (Wildman–Crippen LogP) is 1.30. The van der Waals surface area contributed by atoms with E-state index >= 15 is 0 Å². The molecule has 2 N–H and O–H groups in total. The Hall–Kier alpha value is -1.77. The lowest BCUT2D eigenvalue weighted by atomic mass is 10.1. The average molecular weight is 172 g/mol. The van der Waals surface area contributed by atoms with E-state index in [0.29, 0.717) is 0 Å². The molecule has 1 radical (unpaired) electrons. The predicted molar refractivity (Wildman–Crippen MR) is 53.3 cm³/mol. The first kappa shape index (κ1) is 7.86. The molecule has 1 aliphatic heterocycles. The summed E-state index contributed by atoms with van der Waals surface area (Å²) in [5.41, 5.74) is 12.5. The molecule has 13 heavy (non-hydrogen) atoms. The Morgan fingerprint density at radius 2 is 2.23 bits per heavy atom. The molecule has 2 rings (SSSR count). The zero-order valence-corrected chi connectivity index (χ0v) is 7.14. The van der Waals surface area contributed by atoms with E-state index in [1.54, 1.807) is 6.21 Å². The largest absolute Gasteiger partial charge is 0.399 e. The number of rotatable bonds is 2. The molecule has 3 heteroatoms. The number of hydrogen-bond donors (Lipinski definition) is 1. The van der Waals surface area contributed by atoms with Gasteiger partial charge in [-0.1, -0.05) is 12.1 Å². The van der Waals surface area contributed by atoms with Gasteiger partial charge in [-0.15, -0.1) is 0 Å². The maximum absolute atomic E-state index is 5.65. The van der Waals surface area contributed by atoms with Crippen LogP contribution in [0.4, 0.5) is 5.69 Å². The molecular weight excluding hydrogens is 162 g/mol. The second-order valence-electron chi connectivity index (χ2n) is 2.94. The van der Waals surface area contributed by atoms with Gasteiger partial charge >= 0.3 is 0 Å². The van der Waals surface area contributed by atoms with E-state index in [2.05, 4.69) is 10.5 Å². The summed E-state index contributed by atoms with van der Waals surface area (Å²) < 4.78 is 0. The first-order valence-corrected chi connectivity index (χ1v) is 4.12. The standard InChI is InChI=1S/C10H10N3/c11-9-3-1-2-8(6-9)7-10-4-5-12-13-10/h1-6H,7,11H2. The number of nitrogens with two attached hydrogens (primary N) is 1. The van der Waals surface area contributed by atoms with Crippen molar-refractivity contribution < 1.29 is 0 Å². The van der Waals surface area contributed by atoms with E-state index in [0.717, 1.165) is 17.8 Å². The molecular formula is C10H10N3. The average Bonchev–Trinajstić information content (AvgIpc) is 2.57. The Morgan fingerprint density at radius 3 is 2.92 bits per heavy atom. The van der Waals surface area contributed by atoms with Crippen molar-refractivity contribution in [2.24, 2.45) is 5.10 Å². The van der Waals surface area contributed by atoms with Crippen LogP contribution >= 0.6 is 0 Å². The lowest BCUT2D eigenvalue weighted by Gasteiger charge is -2.01. The molecule has 1 aromatic rings. The Bertz CT molecular complexity index is 366. The zero-order valence-electron chi connectivity index (χ0n) is 7.14. The molecule has 65 valence electrons. The minimum atomic E-state index is 0.789. The fraction of sp³-hybridized carbons (Fsp3) is 0.100. The van der Waals surface area contributed by atoms with Crippen LogP contribution in [0.5, 0.6) is 0 Å². The second kappa shape index (κ2) is 3.31. The lowest BCUT2D eigenvalue weighted by molar-refractivity contribution is 0.853. The summed E-state index contributed by atoms with van der Waals surface area (Å²) in [6, 6.07) is 7.81. The summed E-state index contributed by atoms with van der Waals surface area (Å²) in [4.78, 5) is 0. The van der Waals surface area contributed by atoms with Gasteiger partial charge in [0.25, 0.3) is 0 Å². The van der Waals surface area contributed by atoms with Gasteiger partial charge < -0.3 is 5.73 Å². The maximum Gasteiger partial charge on any atom is 0.0690 e. The number of anilines is 1. The van der Waals surface area contributed by atoms with Crippen molar-refractivity contribution in [1.82, 2.24) is 5.43 Å². The third-order valence-corrected chi connectivity index (χ3v) is 1.86. The minimum Gasteiger partial charge on any atom is -0.399 e. The molecule has 1 aliphatic rings. The van der Waals surface area contributed by atoms with Crippen LogP contribution in [0.15, 0.2) is 41.1 Å². The zero-order chi connectivity index (χ0) is 9.10. The first-order chi connectivity index (χ1) is 6.34. The van der Waals surface area contributed by atoms with E-state index in [-0.39, 0.29) is 0 Å². The van der Waals surface area contributed by atoms with Gasteiger partial charge in [-0.2, -0.15) is 10.5 Å². The van der Waals surface area contributed by atoms with Gasteiger partial charge in [0.15, 0.2) is 0 Å². The van der Waals surface area contributed by atoms with Gasteiger partial charge in [-0.25, -0.2) is 0 Å². The van der Waals surface area contributed by atoms with Crippen molar-refractivity contribution in [3.05, 3.63) is 41.6 Å². The van der Waals surface area contributed by atoms with E-state index in [1.807, 2.05) is 30.3 Å². The molecule has 3 nitrogen and oxygen atoms in total. The molecule has 0 aliphatic carbocycles. The summed E-state index contributed by atoms with van der Waals surface area (Å²) >= 11 is 0. The highest BCUT2D eigenvalue weighted by Crippen LogP contribution is 2.11. The molecule has 1 heterocycles. The van der Waals surface area contributed by atoms with Crippen LogP contribution in [-0.4, -0.2) is 6.21 Å². The SMILES string of the molecule is Nc1cccc(CC2=CC=N[N]2)c1.